The van der Waals surface area contributed by atoms with Crippen molar-refractivity contribution in [3.8, 4) is 0 Å². The van der Waals surface area contributed by atoms with E-state index in [1.165, 1.54) is 18.9 Å². The first kappa shape index (κ1) is 13.3. The van der Waals surface area contributed by atoms with E-state index in [4.69, 9.17) is 11.6 Å². The van der Waals surface area contributed by atoms with Crippen molar-refractivity contribution in [1.29, 1.82) is 0 Å². The van der Waals surface area contributed by atoms with Crippen LogP contribution < -0.4 is 5.32 Å². The average molecular weight is 283 g/mol. The molecule has 1 saturated heterocycles. The van der Waals surface area contributed by atoms with E-state index in [1.807, 2.05) is 0 Å². The molecule has 1 atom stereocenters. The predicted molar refractivity (Wildman–Crippen MR) is 75.9 cm³/mol. The molecule has 1 heterocycles. The molecule has 1 aromatic carbocycles. The van der Waals surface area contributed by atoms with Crippen LogP contribution in [0.5, 0.6) is 0 Å². The zero-order valence-electron chi connectivity index (χ0n) is 11.0. The van der Waals surface area contributed by atoms with Crippen molar-refractivity contribution in [2.45, 2.75) is 25.3 Å². The van der Waals surface area contributed by atoms with Crippen LogP contribution in [0.15, 0.2) is 18.2 Å². The van der Waals surface area contributed by atoms with Gasteiger partial charge in [0, 0.05) is 37.2 Å². The molecule has 0 amide bonds. The summed E-state index contributed by atoms with van der Waals surface area (Å²) in [4.78, 5) is 2.45. The molecule has 0 aromatic heterocycles. The molecular weight excluding hydrogens is 263 g/mol. The molecule has 0 bridgehead atoms. The van der Waals surface area contributed by atoms with Crippen LogP contribution in [0.2, 0.25) is 5.02 Å². The summed E-state index contributed by atoms with van der Waals surface area (Å²) in [5, 5.41) is 4.07. The van der Waals surface area contributed by atoms with Gasteiger partial charge in [-0.25, -0.2) is 4.39 Å². The quantitative estimate of drug-likeness (QED) is 0.912. The Kier molecular flexibility index (Phi) is 4.06. The van der Waals surface area contributed by atoms with Gasteiger partial charge in [-0.1, -0.05) is 24.4 Å². The van der Waals surface area contributed by atoms with Gasteiger partial charge in [0.15, 0.2) is 0 Å². The Morgan fingerprint density at radius 3 is 2.74 bits per heavy atom. The third kappa shape index (κ3) is 3.28. The molecule has 2 aliphatic rings. The number of rotatable bonds is 4. The number of piperazine rings is 1. The van der Waals surface area contributed by atoms with Crippen molar-refractivity contribution in [2.24, 2.45) is 5.92 Å². The number of nitrogens with zero attached hydrogens (tertiary/aromatic N) is 1. The SMILES string of the molecule is Fc1ccc(Cl)c([C@@H](CC2CC2)N2CCNCC2)c1. The zero-order chi connectivity index (χ0) is 13.2. The van der Waals surface area contributed by atoms with Crippen LogP contribution in [0.1, 0.15) is 30.9 Å². The third-order valence-corrected chi connectivity index (χ3v) is 4.51. The van der Waals surface area contributed by atoms with Crippen molar-refractivity contribution in [1.82, 2.24) is 10.2 Å². The highest BCUT2D eigenvalue weighted by Gasteiger charge is 2.31. The second kappa shape index (κ2) is 5.78. The molecule has 2 fully saturated rings. The monoisotopic (exact) mass is 282 g/mol. The highest BCUT2D eigenvalue weighted by atomic mass is 35.5. The van der Waals surface area contributed by atoms with Crippen molar-refractivity contribution < 1.29 is 4.39 Å². The van der Waals surface area contributed by atoms with Crippen LogP contribution in [0, 0.1) is 11.7 Å². The number of halogens is 2. The molecule has 3 rings (SSSR count). The summed E-state index contributed by atoms with van der Waals surface area (Å²) >= 11 is 6.31. The minimum atomic E-state index is -0.185. The summed E-state index contributed by atoms with van der Waals surface area (Å²) in [5.41, 5.74) is 0.968. The molecule has 0 radical (unpaired) electrons. The Balaban J connectivity index is 1.85. The Morgan fingerprint density at radius 2 is 2.05 bits per heavy atom. The fourth-order valence-electron chi connectivity index (χ4n) is 2.91. The van der Waals surface area contributed by atoms with E-state index in [1.54, 1.807) is 12.1 Å². The van der Waals surface area contributed by atoms with E-state index in [2.05, 4.69) is 10.2 Å². The Morgan fingerprint density at radius 1 is 1.32 bits per heavy atom. The number of hydrogen-bond acceptors (Lipinski definition) is 2. The standard InChI is InChI=1S/C15H20ClFN2/c16-14-4-3-12(17)10-13(14)15(9-11-1-2-11)19-7-5-18-6-8-19/h3-4,10-11,15,18H,1-2,5-9H2/t15-/m1/s1. The van der Waals surface area contributed by atoms with Crippen LogP contribution in [0.25, 0.3) is 0 Å². The minimum absolute atomic E-state index is 0.185. The summed E-state index contributed by atoms with van der Waals surface area (Å²) in [7, 11) is 0. The van der Waals surface area contributed by atoms with Crippen LogP contribution in [0.4, 0.5) is 4.39 Å². The lowest BCUT2D eigenvalue weighted by Gasteiger charge is -2.35. The topological polar surface area (TPSA) is 15.3 Å². The van der Waals surface area contributed by atoms with Crippen LogP contribution in [0.3, 0.4) is 0 Å². The zero-order valence-corrected chi connectivity index (χ0v) is 11.8. The third-order valence-electron chi connectivity index (χ3n) is 4.16. The number of benzene rings is 1. The van der Waals surface area contributed by atoms with Crippen molar-refractivity contribution in [3.63, 3.8) is 0 Å². The molecule has 19 heavy (non-hydrogen) atoms. The molecule has 0 spiro atoms. The van der Waals surface area contributed by atoms with Gasteiger partial charge in [0.05, 0.1) is 0 Å². The Hall–Kier alpha value is -0.640. The smallest absolute Gasteiger partial charge is 0.123 e. The molecule has 1 aromatic rings. The predicted octanol–water partition coefficient (Wildman–Crippen LogP) is 3.23. The van der Waals surface area contributed by atoms with E-state index in [0.29, 0.717) is 5.02 Å². The van der Waals surface area contributed by atoms with Gasteiger partial charge in [-0.15, -0.1) is 0 Å². The maximum absolute atomic E-state index is 13.5. The molecule has 1 aliphatic heterocycles. The Labute approximate surface area is 118 Å². The average Bonchev–Trinajstić information content (AvgIpc) is 3.24. The van der Waals surface area contributed by atoms with Gasteiger partial charge in [0.1, 0.15) is 5.82 Å². The van der Waals surface area contributed by atoms with Crippen molar-refractivity contribution >= 4 is 11.6 Å². The molecule has 4 heteroatoms. The van der Waals surface area contributed by atoms with E-state index in [-0.39, 0.29) is 11.9 Å². The highest BCUT2D eigenvalue weighted by molar-refractivity contribution is 6.31. The summed E-state index contributed by atoms with van der Waals surface area (Å²) in [6, 6.07) is 5.03. The lowest BCUT2D eigenvalue weighted by atomic mass is 9.98. The van der Waals surface area contributed by atoms with Crippen molar-refractivity contribution in [2.75, 3.05) is 26.2 Å². The summed E-state index contributed by atoms with van der Waals surface area (Å²) in [6.45, 7) is 4.05. The minimum Gasteiger partial charge on any atom is -0.314 e. The highest BCUT2D eigenvalue weighted by Crippen LogP contribution is 2.41. The molecule has 1 N–H and O–H groups in total. The lowest BCUT2D eigenvalue weighted by Crippen LogP contribution is -2.45. The summed E-state index contributed by atoms with van der Waals surface area (Å²) in [5.74, 6) is 0.620. The maximum Gasteiger partial charge on any atom is 0.123 e. The van der Waals surface area contributed by atoms with E-state index >= 15 is 0 Å². The van der Waals surface area contributed by atoms with E-state index < -0.39 is 0 Å². The van der Waals surface area contributed by atoms with Crippen LogP contribution in [-0.2, 0) is 0 Å². The second-order valence-electron chi connectivity index (χ2n) is 5.65. The first-order valence-electron chi connectivity index (χ1n) is 7.14. The first-order chi connectivity index (χ1) is 9.24. The molecule has 0 unspecified atom stereocenters. The molecule has 1 saturated carbocycles. The fourth-order valence-corrected chi connectivity index (χ4v) is 3.15. The van der Waals surface area contributed by atoms with Gasteiger partial charge in [0.25, 0.3) is 0 Å². The normalized spacial score (nSPS) is 22.4. The fraction of sp³-hybridized carbons (Fsp3) is 0.600. The molecular formula is C15H20ClFN2. The largest absolute Gasteiger partial charge is 0.314 e. The van der Waals surface area contributed by atoms with E-state index in [0.717, 1.165) is 44.1 Å². The van der Waals surface area contributed by atoms with Crippen LogP contribution in [-0.4, -0.2) is 31.1 Å². The van der Waals surface area contributed by atoms with Gasteiger partial charge in [-0.05, 0) is 36.1 Å². The van der Waals surface area contributed by atoms with Gasteiger partial charge >= 0.3 is 0 Å². The summed E-state index contributed by atoms with van der Waals surface area (Å²) in [6.07, 6.45) is 3.74. The van der Waals surface area contributed by atoms with Gasteiger partial charge < -0.3 is 5.32 Å². The number of hydrogen-bond donors (Lipinski definition) is 1. The summed E-state index contributed by atoms with van der Waals surface area (Å²) < 4.78 is 13.5. The maximum atomic E-state index is 13.5. The first-order valence-corrected chi connectivity index (χ1v) is 7.51. The van der Waals surface area contributed by atoms with Gasteiger partial charge in [-0.3, -0.25) is 4.90 Å². The van der Waals surface area contributed by atoms with Gasteiger partial charge in [0.2, 0.25) is 0 Å². The lowest BCUT2D eigenvalue weighted by molar-refractivity contribution is 0.160. The van der Waals surface area contributed by atoms with Crippen molar-refractivity contribution in [3.05, 3.63) is 34.6 Å². The molecule has 104 valence electrons. The van der Waals surface area contributed by atoms with Gasteiger partial charge in [-0.2, -0.15) is 0 Å². The Bertz CT molecular complexity index is 442. The molecule has 2 nitrogen and oxygen atoms in total. The molecule has 1 aliphatic carbocycles. The number of nitrogens with one attached hydrogen (secondary N) is 1. The van der Waals surface area contributed by atoms with E-state index in [9.17, 15) is 4.39 Å². The van der Waals surface area contributed by atoms with Crippen LogP contribution >= 0.6 is 11.6 Å². The second-order valence-corrected chi connectivity index (χ2v) is 6.05.